The van der Waals surface area contributed by atoms with Crippen molar-refractivity contribution in [1.82, 2.24) is 10.2 Å². The van der Waals surface area contributed by atoms with Gasteiger partial charge in [-0.25, -0.2) is 0 Å². The lowest BCUT2D eigenvalue weighted by Crippen LogP contribution is -2.40. The number of hydrogen-bond donors (Lipinski definition) is 1. The third kappa shape index (κ3) is 5.77. The zero-order valence-corrected chi connectivity index (χ0v) is 19.7. The van der Waals surface area contributed by atoms with Crippen molar-refractivity contribution in [3.63, 3.8) is 0 Å². The van der Waals surface area contributed by atoms with Gasteiger partial charge in [-0.1, -0.05) is 18.2 Å². The van der Waals surface area contributed by atoms with E-state index in [2.05, 4.69) is 23.5 Å². The third-order valence-corrected chi connectivity index (χ3v) is 7.41. The highest BCUT2D eigenvalue weighted by Crippen LogP contribution is 2.30. The van der Waals surface area contributed by atoms with Crippen LogP contribution in [0.4, 0.5) is 0 Å². The lowest BCUT2D eigenvalue weighted by Gasteiger charge is -2.33. The Hall–Kier alpha value is -2.37. The first-order valence-corrected chi connectivity index (χ1v) is 12.5. The number of nitrogens with zero attached hydrogens (tertiary/aromatic N) is 1. The fourth-order valence-corrected chi connectivity index (χ4v) is 4.96. The number of rotatable bonds is 9. The van der Waals surface area contributed by atoms with Crippen LogP contribution in [-0.2, 0) is 24.1 Å². The predicted octanol–water partition coefficient (Wildman–Crippen LogP) is 4.23. The Balaban J connectivity index is 1.13. The standard InChI is InChI=1S/C28H36N2O3/c1-30(28(31)23-7-10-27(11-8-23)33-19-20-2-3-20)26-9-6-24-14-21(4-5-25(24)15-26)16-29-17-22-12-13-32-18-22/h4-5,7-8,10-11,14,20,22,26,29H,2-3,6,9,12-13,15-19H2,1H3/t22?,26-/m0/s1. The number of benzene rings is 2. The molecule has 1 saturated heterocycles. The van der Waals surface area contributed by atoms with Gasteiger partial charge in [0.2, 0.25) is 0 Å². The summed E-state index contributed by atoms with van der Waals surface area (Å²) in [6.07, 6.45) is 6.68. The van der Waals surface area contributed by atoms with E-state index in [0.29, 0.717) is 5.92 Å². The highest BCUT2D eigenvalue weighted by atomic mass is 16.5. The van der Waals surface area contributed by atoms with Gasteiger partial charge in [0.05, 0.1) is 13.2 Å². The quantitative estimate of drug-likeness (QED) is 0.624. The van der Waals surface area contributed by atoms with E-state index in [4.69, 9.17) is 9.47 Å². The molecule has 1 aliphatic heterocycles. The number of carbonyl (C=O) groups excluding carboxylic acids is 1. The highest BCUT2D eigenvalue weighted by Gasteiger charge is 2.26. The van der Waals surface area contributed by atoms with Gasteiger partial charge in [-0.2, -0.15) is 0 Å². The second-order valence-electron chi connectivity index (χ2n) is 10.1. The van der Waals surface area contributed by atoms with Crippen LogP contribution in [0, 0.1) is 11.8 Å². The van der Waals surface area contributed by atoms with E-state index in [9.17, 15) is 4.79 Å². The first-order chi connectivity index (χ1) is 16.2. The molecule has 33 heavy (non-hydrogen) atoms. The van der Waals surface area contributed by atoms with Crippen LogP contribution in [0.5, 0.6) is 5.75 Å². The maximum absolute atomic E-state index is 13.1. The van der Waals surface area contributed by atoms with Gasteiger partial charge in [-0.05, 0) is 91.3 Å². The molecule has 0 aromatic heterocycles. The SMILES string of the molecule is CN(C(=O)c1ccc(OCC2CC2)cc1)[C@H]1CCc2cc(CNCC3CCOC3)ccc2C1. The molecule has 5 heteroatoms. The van der Waals surface area contributed by atoms with E-state index in [-0.39, 0.29) is 11.9 Å². The van der Waals surface area contributed by atoms with Crippen LogP contribution in [-0.4, -0.2) is 50.3 Å². The fourth-order valence-electron chi connectivity index (χ4n) is 4.96. The number of nitrogens with one attached hydrogen (secondary N) is 1. The molecule has 3 aliphatic rings. The molecule has 5 nitrogen and oxygen atoms in total. The Bertz CT molecular complexity index is 948. The van der Waals surface area contributed by atoms with E-state index in [1.807, 2.05) is 36.2 Å². The minimum atomic E-state index is 0.0916. The molecule has 1 heterocycles. The molecule has 1 N–H and O–H groups in total. The Kier molecular flexibility index (Phi) is 6.98. The summed E-state index contributed by atoms with van der Waals surface area (Å²) in [5.74, 6) is 2.33. The van der Waals surface area contributed by atoms with E-state index >= 15 is 0 Å². The molecule has 2 fully saturated rings. The van der Waals surface area contributed by atoms with Gasteiger partial charge in [-0.3, -0.25) is 4.79 Å². The second kappa shape index (κ2) is 10.3. The average Bonchev–Trinajstić information content (AvgIpc) is 3.55. The smallest absolute Gasteiger partial charge is 0.253 e. The fraction of sp³-hybridized carbons (Fsp3) is 0.536. The van der Waals surface area contributed by atoms with E-state index < -0.39 is 0 Å². The lowest BCUT2D eigenvalue weighted by molar-refractivity contribution is 0.0719. The summed E-state index contributed by atoms with van der Waals surface area (Å²) < 4.78 is 11.3. The summed E-state index contributed by atoms with van der Waals surface area (Å²) in [6, 6.07) is 14.7. The van der Waals surface area contributed by atoms with Crippen LogP contribution in [0.15, 0.2) is 42.5 Å². The van der Waals surface area contributed by atoms with Crippen molar-refractivity contribution < 1.29 is 14.3 Å². The van der Waals surface area contributed by atoms with E-state index in [1.165, 1.54) is 36.0 Å². The Morgan fingerprint density at radius 1 is 1.06 bits per heavy atom. The maximum Gasteiger partial charge on any atom is 0.253 e. The molecule has 0 spiro atoms. The molecule has 0 bridgehead atoms. The van der Waals surface area contributed by atoms with Crippen molar-refractivity contribution in [3.05, 3.63) is 64.7 Å². The molecule has 2 aromatic rings. The van der Waals surface area contributed by atoms with Crippen LogP contribution >= 0.6 is 0 Å². The van der Waals surface area contributed by atoms with Gasteiger partial charge in [0.25, 0.3) is 5.91 Å². The molecule has 176 valence electrons. The largest absolute Gasteiger partial charge is 0.493 e. The second-order valence-corrected chi connectivity index (χ2v) is 10.1. The number of ether oxygens (including phenoxy) is 2. The molecule has 0 radical (unpaired) electrons. The number of aryl methyl sites for hydroxylation is 1. The first-order valence-electron chi connectivity index (χ1n) is 12.5. The molecule has 1 saturated carbocycles. The van der Waals surface area contributed by atoms with Crippen molar-refractivity contribution in [3.8, 4) is 5.75 Å². The minimum absolute atomic E-state index is 0.0916. The number of amides is 1. The number of likely N-dealkylation sites (N-methyl/N-ethyl adjacent to an activating group) is 1. The van der Waals surface area contributed by atoms with Crippen molar-refractivity contribution in [2.75, 3.05) is 33.4 Å². The lowest BCUT2D eigenvalue weighted by atomic mass is 9.86. The molecule has 5 rings (SSSR count). The van der Waals surface area contributed by atoms with Crippen LogP contribution in [0.2, 0.25) is 0 Å². The molecular weight excluding hydrogens is 412 g/mol. The van der Waals surface area contributed by atoms with Gasteiger partial charge >= 0.3 is 0 Å². The van der Waals surface area contributed by atoms with E-state index in [1.54, 1.807) is 0 Å². The van der Waals surface area contributed by atoms with E-state index in [0.717, 1.165) is 69.4 Å². The third-order valence-electron chi connectivity index (χ3n) is 7.41. The van der Waals surface area contributed by atoms with Gasteiger partial charge < -0.3 is 19.7 Å². The van der Waals surface area contributed by atoms with Crippen LogP contribution in [0.1, 0.15) is 52.7 Å². The topological polar surface area (TPSA) is 50.8 Å². The highest BCUT2D eigenvalue weighted by molar-refractivity contribution is 5.94. The summed E-state index contributed by atoms with van der Waals surface area (Å²) in [5, 5.41) is 3.59. The van der Waals surface area contributed by atoms with Gasteiger partial charge in [0.1, 0.15) is 5.75 Å². The molecule has 1 unspecified atom stereocenters. The van der Waals surface area contributed by atoms with Crippen molar-refractivity contribution in [2.45, 2.75) is 51.1 Å². The zero-order chi connectivity index (χ0) is 22.6. The zero-order valence-electron chi connectivity index (χ0n) is 19.7. The Morgan fingerprint density at radius 3 is 2.67 bits per heavy atom. The summed E-state index contributed by atoms with van der Waals surface area (Å²) in [6.45, 7) is 4.53. The Morgan fingerprint density at radius 2 is 1.91 bits per heavy atom. The van der Waals surface area contributed by atoms with Crippen molar-refractivity contribution >= 4 is 5.91 Å². The van der Waals surface area contributed by atoms with Crippen LogP contribution in [0.3, 0.4) is 0 Å². The minimum Gasteiger partial charge on any atom is -0.493 e. The molecule has 2 aliphatic carbocycles. The molecule has 2 atom stereocenters. The van der Waals surface area contributed by atoms with Crippen LogP contribution < -0.4 is 10.1 Å². The number of hydrogen-bond acceptors (Lipinski definition) is 4. The van der Waals surface area contributed by atoms with Gasteiger partial charge in [0.15, 0.2) is 0 Å². The first kappa shape index (κ1) is 22.4. The summed E-state index contributed by atoms with van der Waals surface area (Å²) in [7, 11) is 1.94. The van der Waals surface area contributed by atoms with Gasteiger partial charge in [-0.15, -0.1) is 0 Å². The Labute approximate surface area is 197 Å². The maximum atomic E-state index is 13.1. The van der Waals surface area contributed by atoms with Crippen molar-refractivity contribution in [2.24, 2.45) is 11.8 Å². The molecule has 1 amide bonds. The number of carbonyl (C=O) groups is 1. The summed E-state index contributed by atoms with van der Waals surface area (Å²) >= 11 is 0. The monoisotopic (exact) mass is 448 g/mol. The molecule has 2 aromatic carbocycles. The average molecular weight is 449 g/mol. The molecular formula is C28H36N2O3. The number of fused-ring (bicyclic) bond motifs is 1. The normalized spacial score (nSPS) is 22.1. The van der Waals surface area contributed by atoms with Crippen molar-refractivity contribution in [1.29, 1.82) is 0 Å². The van der Waals surface area contributed by atoms with Crippen LogP contribution in [0.25, 0.3) is 0 Å². The van der Waals surface area contributed by atoms with Gasteiger partial charge in [0, 0.05) is 38.3 Å². The summed E-state index contributed by atoms with van der Waals surface area (Å²) in [5.41, 5.74) is 4.89. The summed E-state index contributed by atoms with van der Waals surface area (Å²) in [4.78, 5) is 15.0. The predicted molar refractivity (Wildman–Crippen MR) is 130 cm³/mol.